The molecule has 8 heteroatoms. The topological polar surface area (TPSA) is 93.0 Å². The van der Waals surface area contributed by atoms with Gasteiger partial charge in [0.1, 0.15) is 17.3 Å². The van der Waals surface area contributed by atoms with Crippen LogP contribution in [0, 0.1) is 5.92 Å². The second-order valence-corrected chi connectivity index (χ2v) is 7.34. The molecule has 1 atom stereocenters. The number of ether oxygens (including phenoxy) is 2. The second kappa shape index (κ2) is 10.0. The fourth-order valence-electron chi connectivity index (χ4n) is 3.61. The number of nitrogens with one attached hydrogen (secondary N) is 2. The van der Waals surface area contributed by atoms with E-state index in [1.807, 2.05) is 25.1 Å². The van der Waals surface area contributed by atoms with Crippen LogP contribution in [0.3, 0.4) is 0 Å². The number of rotatable bonds is 7. The summed E-state index contributed by atoms with van der Waals surface area (Å²) in [5, 5.41) is 5.92. The minimum atomic E-state index is -0.229. The molecule has 1 aliphatic heterocycles. The van der Waals surface area contributed by atoms with E-state index in [0.717, 1.165) is 11.3 Å². The Morgan fingerprint density at radius 2 is 1.97 bits per heavy atom. The number of urea groups is 1. The maximum atomic E-state index is 12.7. The van der Waals surface area contributed by atoms with E-state index in [2.05, 4.69) is 10.6 Å². The van der Waals surface area contributed by atoms with E-state index < -0.39 is 0 Å². The van der Waals surface area contributed by atoms with Gasteiger partial charge in [0.2, 0.25) is 5.91 Å². The third-order valence-electron chi connectivity index (χ3n) is 5.42. The minimum absolute atomic E-state index is 0.00259. The van der Waals surface area contributed by atoms with Crippen LogP contribution in [0.1, 0.15) is 37.1 Å². The summed E-state index contributed by atoms with van der Waals surface area (Å²) in [6.45, 7) is 3.37. The summed E-state index contributed by atoms with van der Waals surface area (Å²) in [7, 11) is 3.19. The monoisotopic (exact) mass is 415 g/mol. The molecule has 3 amide bonds. The van der Waals surface area contributed by atoms with Gasteiger partial charge in [-0.3, -0.25) is 4.79 Å². The molecule has 1 fully saturated rings. The number of methoxy groups -OCH3 is 2. The third-order valence-corrected chi connectivity index (χ3v) is 5.42. The number of carbonyl (C=O) groups excluding carboxylic acids is 2. The fourth-order valence-corrected chi connectivity index (χ4v) is 3.61. The molecule has 2 heterocycles. The lowest BCUT2D eigenvalue weighted by Crippen LogP contribution is -2.47. The number of amides is 3. The number of carbonyl (C=O) groups is 2. The molecule has 0 spiro atoms. The number of likely N-dealkylation sites (tertiary alicyclic amines) is 1. The average molecular weight is 415 g/mol. The number of furan rings is 1. The van der Waals surface area contributed by atoms with Gasteiger partial charge in [0, 0.05) is 30.6 Å². The van der Waals surface area contributed by atoms with E-state index in [1.54, 1.807) is 37.5 Å². The SMILES string of the molecule is COc1ccc(C(C)NC(=O)N2CCC(C(=O)NCc3ccco3)CC2)c(OC)c1. The normalized spacial score (nSPS) is 15.4. The number of hydrogen-bond donors (Lipinski definition) is 2. The van der Waals surface area contributed by atoms with E-state index in [-0.39, 0.29) is 23.9 Å². The molecular formula is C22H29N3O5. The standard InChI is InChI=1S/C22H29N3O5/c1-15(19-7-6-17(28-2)13-20(19)29-3)24-22(27)25-10-8-16(9-11-25)21(26)23-14-18-5-4-12-30-18/h4-7,12-13,15-16H,8-11,14H2,1-3H3,(H,23,26)(H,24,27). The van der Waals surface area contributed by atoms with E-state index in [0.29, 0.717) is 44.0 Å². The van der Waals surface area contributed by atoms with Crippen LogP contribution in [0.2, 0.25) is 0 Å². The van der Waals surface area contributed by atoms with Crippen molar-refractivity contribution in [2.24, 2.45) is 5.92 Å². The van der Waals surface area contributed by atoms with E-state index in [4.69, 9.17) is 13.9 Å². The number of benzene rings is 1. The number of piperidine rings is 1. The first kappa shape index (κ1) is 21.5. The summed E-state index contributed by atoms with van der Waals surface area (Å²) in [6, 6.07) is 8.77. The molecule has 162 valence electrons. The van der Waals surface area contributed by atoms with Gasteiger partial charge in [0.15, 0.2) is 0 Å². The zero-order chi connectivity index (χ0) is 21.5. The Morgan fingerprint density at radius 1 is 1.20 bits per heavy atom. The maximum Gasteiger partial charge on any atom is 0.317 e. The highest BCUT2D eigenvalue weighted by Gasteiger charge is 2.28. The highest BCUT2D eigenvalue weighted by atomic mass is 16.5. The summed E-state index contributed by atoms with van der Waals surface area (Å²) in [6.07, 6.45) is 2.86. The molecular weight excluding hydrogens is 386 g/mol. The third kappa shape index (κ3) is 5.25. The highest BCUT2D eigenvalue weighted by Crippen LogP contribution is 2.29. The quantitative estimate of drug-likeness (QED) is 0.725. The van der Waals surface area contributed by atoms with Crippen LogP contribution >= 0.6 is 0 Å². The average Bonchev–Trinajstić information content (AvgIpc) is 3.30. The van der Waals surface area contributed by atoms with Crippen molar-refractivity contribution in [3.63, 3.8) is 0 Å². The van der Waals surface area contributed by atoms with Gasteiger partial charge in [0.25, 0.3) is 0 Å². The Labute approximate surface area is 176 Å². The summed E-state index contributed by atoms with van der Waals surface area (Å²) in [5.41, 5.74) is 0.874. The smallest absolute Gasteiger partial charge is 0.317 e. The van der Waals surface area contributed by atoms with Crippen molar-refractivity contribution < 1.29 is 23.5 Å². The first-order valence-electron chi connectivity index (χ1n) is 10.1. The van der Waals surface area contributed by atoms with Gasteiger partial charge < -0.3 is 29.4 Å². The largest absolute Gasteiger partial charge is 0.497 e. The van der Waals surface area contributed by atoms with Crippen LogP contribution < -0.4 is 20.1 Å². The van der Waals surface area contributed by atoms with Crippen LogP contribution in [-0.2, 0) is 11.3 Å². The molecule has 8 nitrogen and oxygen atoms in total. The molecule has 0 radical (unpaired) electrons. The number of hydrogen-bond acceptors (Lipinski definition) is 5. The molecule has 1 aromatic carbocycles. The number of nitrogens with zero attached hydrogens (tertiary/aromatic N) is 1. The van der Waals surface area contributed by atoms with Gasteiger partial charge in [-0.1, -0.05) is 0 Å². The lowest BCUT2D eigenvalue weighted by atomic mass is 9.96. The summed E-state index contributed by atoms with van der Waals surface area (Å²) in [5.74, 6) is 1.99. The molecule has 30 heavy (non-hydrogen) atoms. The molecule has 0 saturated carbocycles. The molecule has 0 aliphatic carbocycles. The van der Waals surface area contributed by atoms with Crippen molar-refractivity contribution in [2.45, 2.75) is 32.4 Å². The lowest BCUT2D eigenvalue weighted by molar-refractivity contribution is -0.126. The van der Waals surface area contributed by atoms with Gasteiger partial charge >= 0.3 is 6.03 Å². The van der Waals surface area contributed by atoms with Crippen LogP contribution in [-0.4, -0.2) is 44.1 Å². The first-order valence-corrected chi connectivity index (χ1v) is 10.1. The highest BCUT2D eigenvalue weighted by molar-refractivity contribution is 5.79. The van der Waals surface area contributed by atoms with Crippen molar-refractivity contribution in [3.05, 3.63) is 47.9 Å². The fraction of sp³-hybridized carbons (Fsp3) is 0.455. The van der Waals surface area contributed by atoms with E-state index in [1.165, 1.54) is 0 Å². The zero-order valence-electron chi connectivity index (χ0n) is 17.6. The molecule has 1 unspecified atom stereocenters. The van der Waals surface area contributed by atoms with Crippen molar-refractivity contribution >= 4 is 11.9 Å². The Bertz CT molecular complexity index is 844. The first-order chi connectivity index (χ1) is 14.5. The molecule has 1 aliphatic rings. The zero-order valence-corrected chi connectivity index (χ0v) is 17.6. The van der Waals surface area contributed by atoms with Gasteiger partial charge in [0.05, 0.1) is 33.1 Å². The van der Waals surface area contributed by atoms with Crippen molar-refractivity contribution in [1.82, 2.24) is 15.5 Å². The maximum absolute atomic E-state index is 12.7. The Balaban J connectivity index is 1.48. The Hall–Kier alpha value is -3.16. The van der Waals surface area contributed by atoms with Crippen LogP contribution in [0.5, 0.6) is 11.5 Å². The minimum Gasteiger partial charge on any atom is -0.497 e. The molecule has 1 saturated heterocycles. The molecule has 1 aromatic heterocycles. The summed E-state index contributed by atoms with van der Waals surface area (Å²) >= 11 is 0. The Morgan fingerprint density at radius 3 is 2.60 bits per heavy atom. The molecule has 3 rings (SSSR count). The van der Waals surface area contributed by atoms with Crippen molar-refractivity contribution in [2.75, 3.05) is 27.3 Å². The Kier molecular flexibility index (Phi) is 7.21. The molecule has 2 aromatic rings. The summed E-state index contributed by atoms with van der Waals surface area (Å²) in [4.78, 5) is 26.8. The predicted octanol–water partition coefficient (Wildman–Crippen LogP) is 3.10. The van der Waals surface area contributed by atoms with Crippen LogP contribution in [0.4, 0.5) is 4.79 Å². The van der Waals surface area contributed by atoms with Crippen LogP contribution in [0.25, 0.3) is 0 Å². The van der Waals surface area contributed by atoms with Crippen LogP contribution in [0.15, 0.2) is 41.0 Å². The van der Waals surface area contributed by atoms with E-state index in [9.17, 15) is 9.59 Å². The van der Waals surface area contributed by atoms with Gasteiger partial charge in [-0.15, -0.1) is 0 Å². The predicted molar refractivity (Wildman–Crippen MR) is 111 cm³/mol. The second-order valence-electron chi connectivity index (χ2n) is 7.34. The summed E-state index contributed by atoms with van der Waals surface area (Å²) < 4.78 is 15.9. The molecule has 0 bridgehead atoms. The molecule has 2 N–H and O–H groups in total. The van der Waals surface area contributed by atoms with Crippen molar-refractivity contribution in [1.29, 1.82) is 0 Å². The van der Waals surface area contributed by atoms with Crippen molar-refractivity contribution in [3.8, 4) is 11.5 Å². The lowest BCUT2D eigenvalue weighted by Gasteiger charge is -2.32. The van der Waals surface area contributed by atoms with Gasteiger partial charge in [-0.05, 0) is 44.0 Å². The van der Waals surface area contributed by atoms with Gasteiger partial charge in [-0.2, -0.15) is 0 Å². The van der Waals surface area contributed by atoms with E-state index >= 15 is 0 Å². The van der Waals surface area contributed by atoms with Gasteiger partial charge in [-0.25, -0.2) is 4.79 Å².